The van der Waals surface area contributed by atoms with Crippen LogP contribution in [-0.4, -0.2) is 21.1 Å². The summed E-state index contributed by atoms with van der Waals surface area (Å²) in [4.78, 5) is 16.2. The Morgan fingerprint density at radius 3 is 2.78 bits per heavy atom. The molecule has 0 saturated carbocycles. The lowest BCUT2D eigenvalue weighted by Gasteiger charge is -2.04. The summed E-state index contributed by atoms with van der Waals surface area (Å²) in [6, 6.07) is 10.0. The lowest BCUT2D eigenvalue weighted by molar-refractivity contribution is 0.0947. The number of halogens is 2. The van der Waals surface area contributed by atoms with Crippen LogP contribution in [0.4, 0.5) is 0 Å². The van der Waals surface area contributed by atoms with Gasteiger partial charge in [0.05, 0.1) is 17.1 Å². The highest BCUT2D eigenvalue weighted by atomic mass is 35.5. The summed E-state index contributed by atoms with van der Waals surface area (Å²) in [5, 5.41) is 11.2. The molecule has 116 valence electrons. The third kappa shape index (κ3) is 3.67. The number of rotatable bonds is 4. The molecular formula is C15H10Cl2N4O2. The van der Waals surface area contributed by atoms with Crippen molar-refractivity contribution >= 4 is 29.1 Å². The van der Waals surface area contributed by atoms with E-state index in [4.69, 9.17) is 27.6 Å². The first-order chi connectivity index (χ1) is 11.1. The molecule has 1 amide bonds. The summed E-state index contributed by atoms with van der Waals surface area (Å²) in [5.41, 5.74) is 0.888. The third-order valence-corrected chi connectivity index (χ3v) is 3.47. The first kappa shape index (κ1) is 15.5. The number of carbonyl (C=O) groups is 1. The fraction of sp³-hybridized carbons (Fsp3) is 0.0667. The highest BCUT2D eigenvalue weighted by molar-refractivity contribution is 6.36. The van der Waals surface area contributed by atoms with E-state index in [0.29, 0.717) is 22.2 Å². The molecule has 0 radical (unpaired) electrons. The van der Waals surface area contributed by atoms with E-state index in [9.17, 15) is 4.79 Å². The number of carbonyl (C=O) groups excluding carboxylic acids is 1. The van der Waals surface area contributed by atoms with Crippen molar-refractivity contribution in [1.82, 2.24) is 20.5 Å². The van der Waals surface area contributed by atoms with Gasteiger partial charge in [-0.2, -0.15) is 0 Å². The minimum absolute atomic E-state index is 0.0810. The van der Waals surface area contributed by atoms with Crippen molar-refractivity contribution in [3.63, 3.8) is 0 Å². The van der Waals surface area contributed by atoms with E-state index in [1.54, 1.807) is 30.5 Å². The number of aromatic nitrogens is 3. The lowest BCUT2D eigenvalue weighted by Crippen LogP contribution is -2.23. The molecule has 0 atom stereocenters. The Balaban J connectivity index is 1.67. The van der Waals surface area contributed by atoms with Gasteiger partial charge < -0.3 is 9.73 Å². The largest absolute Gasteiger partial charge is 0.417 e. The fourth-order valence-corrected chi connectivity index (χ4v) is 2.34. The van der Waals surface area contributed by atoms with Crippen molar-refractivity contribution in [3.05, 3.63) is 64.1 Å². The van der Waals surface area contributed by atoms with Gasteiger partial charge in [-0.3, -0.25) is 9.78 Å². The van der Waals surface area contributed by atoms with E-state index in [0.717, 1.165) is 0 Å². The van der Waals surface area contributed by atoms with Crippen molar-refractivity contribution in [2.24, 2.45) is 0 Å². The molecule has 3 rings (SSSR count). The van der Waals surface area contributed by atoms with Gasteiger partial charge >= 0.3 is 0 Å². The van der Waals surface area contributed by atoms with Crippen LogP contribution in [0.1, 0.15) is 16.2 Å². The van der Waals surface area contributed by atoms with Crippen molar-refractivity contribution in [2.75, 3.05) is 0 Å². The Hall–Kier alpha value is -2.44. The highest BCUT2D eigenvalue weighted by Crippen LogP contribution is 2.21. The van der Waals surface area contributed by atoms with E-state index in [2.05, 4.69) is 20.5 Å². The standard InChI is InChI=1S/C15H10Cl2N4O2/c16-9-4-5-10(11(17)7-9)14(22)19-8-13-20-21-15(23-13)12-3-1-2-6-18-12/h1-7H,8H2,(H,19,22). The van der Waals surface area contributed by atoms with E-state index in [-0.39, 0.29) is 23.4 Å². The van der Waals surface area contributed by atoms with Gasteiger partial charge in [-0.05, 0) is 30.3 Å². The number of benzene rings is 1. The Morgan fingerprint density at radius 2 is 2.04 bits per heavy atom. The Kier molecular flexibility index (Phi) is 4.55. The van der Waals surface area contributed by atoms with Crippen LogP contribution >= 0.6 is 23.2 Å². The Morgan fingerprint density at radius 1 is 1.17 bits per heavy atom. The second-order valence-corrected chi connectivity index (χ2v) is 5.37. The summed E-state index contributed by atoms with van der Waals surface area (Å²) in [5.74, 6) is 0.202. The maximum Gasteiger partial charge on any atom is 0.266 e. The van der Waals surface area contributed by atoms with Gasteiger partial charge in [0.15, 0.2) is 0 Å². The quantitative estimate of drug-likeness (QED) is 0.781. The Labute approximate surface area is 141 Å². The molecule has 1 aromatic carbocycles. The summed E-state index contributed by atoms with van der Waals surface area (Å²) in [7, 11) is 0. The molecule has 0 aliphatic carbocycles. The Bertz CT molecular complexity index is 837. The van der Waals surface area contributed by atoms with Crippen LogP contribution in [0.2, 0.25) is 10.0 Å². The maximum absolute atomic E-state index is 12.1. The summed E-state index contributed by atoms with van der Waals surface area (Å²) < 4.78 is 5.45. The van der Waals surface area contributed by atoms with Gasteiger partial charge in [-0.15, -0.1) is 10.2 Å². The van der Waals surface area contributed by atoms with Crippen molar-refractivity contribution in [1.29, 1.82) is 0 Å². The fourth-order valence-electron chi connectivity index (χ4n) is 1.84. The maximum atomic E-state index is 12.1. The molecule has 0 bridgehead atoms. The monoisotopic (exact) mass is 348 g/mol. The molecule has 0 aliphatic heterocycles. The van der Waals surface area contributed by atoms with E-state index in [1.165, 1.54) is 6.07 Å². The van der Waals surface area contributed by atoms with Crippen LogP contribution in [0.15, 0.2) is 47.0 Å². The summed E-state index contributed by atoms with van der Waals surface area (Å²) >= 11 is 11.8. The van der Waals surface area contributed by atoms with Gasteiger partial charge in [-0.1, -0.05) is 29.3 Å². The zero-order chi connectivity index (χ0) is 16.2. The predicted molar refractivity (Wildman–Crippen MR) is 85.2 cm³/mol. The molecule has 2 heterocycles. The van der Waals surface area contributed by atoms with Gasteiger partial charge in [0.1, 0.15) is 5.69 Å². The van der Waals surface area contributed by atoms with E-state index < -0.39 is 0 Å². The van der Waals surface area contributed by atoms with Crippen LogP contribution in [0, 0.1) is 0 Å². The van der Waals surface area contributed by atoms with Crippen molar-refractivity contribution < 1.29 is 9.21 Å². The van der Waals surface area contributed by atoms with Crippen molar-refractivity contribution in [2.45, 2.75) is 6.54 Å². The van der Waals surface area contributed by atoms with Crippen LogP contribution in [-0.2, 0) is 6.54 Å². The summed E-state index contributed by atoms with van der Waals surface area (Å²) in [6.45, 7) is 0.0810. The number of nitrogens with one attached hydrogen (secondary N) is 1. The third-order valence-electron chi connectivity index (χ3n) is 2.93. The van der Waals surface area contributed by atoms with E-state index in [1.807, 2.05) is 6.07 Å². The molecule has 0 aliphatic rings. The minimum atomic E-state index is -0.357. The predicted octanol–water partition coefficient (Wildman–Crippen LogP) is 3.37. The van der Waals surface area contributed by atoms with Gasteiger partial charge in [-0.25, -0.2) is 0 Å². The number of hydrogen-bond acceptors (Lipinski definition) is 5. The molecule has 8 heteroatoms. The van der Waals surface area contributed by atoms with Gasteiger partial charge in [0, 0.05) is 11.2 Å². The lowest BCUT2D eigenvalue weighted by atomic mass is 10.2. The molecule has 6 nitrogen and oxygen atoms in total. The zero-order valence-electron chi connectivity index (χ0n) is 11.7. The molecule has 0 fully saturated rings. The van der Waals surface area contributed by atoms with Crippen molar-refractivity contribution in [3.8, 4) is 11.6 Å². The van der Waals surface area contributed by atoms with Crippen LogP contribution in [0.25, 0.3) is 11.6 Å². The molecule has 23 heavy (non-hydrogen) atoms. The van der Waals surface area contributed by atoms with Gasteiger partial charge in [0.2, 0.25) is 5.89 Å². The van der Waals surface area contributed by atoms with Gasteiger partial charge in [0.25, 0.3) is 11.8 Å². The first-order valence-corrected chi connectivity index (χ1v) is 7.36. The molecule has 2 aromatic heterocycles. The normalized spacial score (nSPS) is 10.5. The number of amides is 1. The molecular weight excluding hydrogens is 339 g/mol. The molecule has 0 saturated heterocycles. The second kappa shape index (κ2) is 6.76. The minimum Gasteiger partial charge on any atom is -0.417 e. The second-order valence-electron chi connectivity index (χ2n) is 4.52. The van der Waals surface area contributed by atoms with Crippen LogP contribution in [0.3, 0.4) is 0 Å². The van der Waals surface area contributed by atoms with Crippen LogP contribution in [0.5, 0.6) is 0 Å². The first-order valence-electron chi connectivity index (χ1n) is 6.60. The van der Waals surface area contributed by atoms with Crippen LogP contribution < -0.4 is 5.32 Å². The zero-order valence-corrected chi connectivity index (χ0v) is 13.2. The number of nitrogens with zero attached hydrogens (tertiary/aromatic N) is 3. The number of hydrogen-bond donors (Lipinski definition) is 1. The topological polar surface area (TPSA) is 80.9 Å². The smallest absolute Gasteiger partial charge is 0.266 e. The van der Waals surface area contributed by atoms with E-state index >= 15 is 0 Å². The number of pyridine rings is 1. The SMILES string of the molecule is O=C(NCc1nnc(-c2ccccn2)o1)c1ccc(Cl)cc1Cl. The molecule has 0 unspecified atom stereocenters. The molecule has 0 spiro atoms. The summed E-state index contributed by atoms with van der Waals surface area (Å²) in [6.07, 6.45) is 1.63. The highest BCUT2D eigenvalue weighted by Gasteiger charge is 2.13. The average Bonchev–Trinajstić information content (AvgIpc) is 3.02. The molecule has 1 N–H and O–H groups in total. The average molecular weight is 349 g/mol. The molecule has 3 aromatic rings.